The molecular weight excluding hydrogens is 220 g/mol. The largest absolute Gasteiger partial charge is 0.321 e. The molecule has 2 rings (SSSR count). The predicted octanol–water partition coefficient (Wildman–Crippen LogP) is 3.31. The van der Waals surface area contributed by atoms with Gasteiger partial charge >= 0.3 is 0 Å². The molecule has 0 aromatic heterocycles. The van der Waals surface area contributed by atoms with Crippen LogP contribution < -0.4 is 5.73 Å². The Morgan fingerprint density at radius 1 is 1.20 bits per heavy atom. The fraction of sp³-hybridized carbons (Fsp3) is 0.455. The van der Waals surface area contributed by atoms with E-state index in [9.17, 15) is 8.78 Å². The molecule has 0 saturated heterocycles. The molecule has 0 heterocycles. The highest BCUT2D eigenvalue weighted by Gasteiger charge is 2.48. The van der Waals surface area contributed by atoms with Gasteiger partial charge in [-0.15, -0.1) is 0 Å². The van der Waals surface area contributed by atoms with E-state index in [0.29, 0.717) is 10.6 Å². The molecule has 4 heteroatoms. The molecule has 0 spiro atoms. The standard InChI is InChI=1S/C11H12ClF2N/c12-9-4-2-1-3-8(9)10(15)5-6-11(13,14)7-10/h1-4H,5-7,15H2. The lowest BCUT2D eigenvalue weighted by molar-refractivity contribution is 0.00292. The summed E-state index contributed by atoms with van der Waals surface area (Å²) < 4.78 is 26.3. The number of nitrogens with two attached hydrogens (primary N) is 1. The van der Waals surface area contributed by atoms with Crippen molar-refractivity contribution >= 4 is 11.6 Å². The van der Waals surface area contributed by atoms with Crippen LogP contribution in [0.25, 0.3) is 0 Å². The zero-order valence-electron chi connectivity index (χ0n) is 8.14. The van der Waals surface area contributed by atoms with E-state index in [1.807, 2.05) is 0 Å². The van der Waals surface area contributed by atoms with Crippen LogP contribution in [0.1, 0.15) is 24.8 Å². The number of halogens is 3. The van der Waals surface area contributed by atoms with Crippen molar-refractivity contribution in [3.05, 3.63) is 34.9 Å². The maximum Gasteiger partial charge on any atom is 0.250 e. The minimum Gasteiger partial charge on any atom is -0.321 e. The van der Waals surface area contributed by atoms with Gasteiger partial charge in [-0.1, -0.05) is 29.8 Å². The summed E-state index contributed by atoms with van der Waals surface area (Å²) in [6.45, 7) is 0. The Bertz CT molecular complexity index is 381. The summed E-state index contributed by atoms with van der Waals surface area (Å²) in [4.78, 5) is 0. The van der Waals surface area contributed by atoms with Crippen molar-refractivity contribution in [2.75, 3.05) is 0 Å². The van der Waals surface area contributed by atoms with E-state index in [2.05, 4.69) is 0 Å². The fourth-order valence-corrected chi connectivity index (χ4v) is 2.46. The third-order valence-corrected chi connectivity index (χ3v) is 3.25. The predicted molar refractivity (Wildman–Crippen MR) is 56.1 cm³/mol. The Balaban J connectivity index is 2.36. The van der Waals surface area contributed by atoms with Gasteiger partial charge in [-0.05, 0) is 18.1 Å². The van der Waals surface area contributed by atoms with E-state index in [1.165, 1.54) is 0 Å². The molecule has 0 bridgehead atoms. The van der Waals surface area contributed by atoms with Crippen LogP contribution in [0.15, 0.2) is 24.3 Å². The first-order chi connectivity index (χ1) is 6.93. The molecule has 15 heavy (non-hydrogen) atoms. The van der Waals surface area contributed by atoms with Gasteiger partial charge in [-0.2, -0.15) is 0 Å². The third-order valence-electron chi connectivity index (χ3n) is 2.92. The lowest BCUT2D eigenvalue weighted by atomic mass is 9.89. The van der Waals surface area contributed by atoms with E-state index in [4.69, 9.17) is 17.3 Å². The van der Waals surface area contributed by atoms with Gasteiger partial charge in [-0.3, -0.25) is 0 Å². The van der Waals surface area contributed by atoms with Crippen LogP contribution >= 0.6 is 11.6 Å². The fourth-order valence-electron chi connectivity index (χ4n) is 2.14. The molecule has 0 radical (unpaired) electrons. The number of benzene rings is 1. The van der Waals surface area contributed by atoms with Gasteiger partial charge in [0.25, 0.3) is 0 Å². The Morgan fingerprint density at radius 3 is 2.40 bits per heavy atom. The molecule has 1 nitrogen and oxygen atoms in total. The molecule has 82 valence electrons. The van der Waals surface area contributed by atoms with Crippen molar-refractivity contribution < 1.29 is 8.78 Å². The van der Waals surface area contributed by atoms with Crippen molar-refractivity contribution in [1.29, 1.82) is 0 Å². The van der Waals surface area contributed by atoms with Gasteiger partial charge in [0.05, 0.1) is 0 Å². The van der Waals surface area contributed by atoms with Crippen molar-refractivity contribution in [2.24, 2.45) is 5.73 Å². The van der Waals surface area contributed by atoms with Gasteiger partial charge < -0.3 is 5.73 Å². The molecule has 2 N–H and O–H groups in total. The van der Waals surface area contributed by atoms with Crippen LogP contribution in [0.3, 0.4) is 0 Å². The number of alkyl halides is 2. The van der Waals surface area contributed by atoms with Gasteiger partial charge in [0.15, 0.2) is 0 Å². The van der Waals surface area contributed by atoms with Crippen LogP contribution in [0, 0.1) is 0 Å². The maximum absolute atomic E-state index is 13.1. The molecule has 0 amide bonds. The highest BCUT2D eigenvalue weighted by Crippen LogP contribution is 2.47. The maximum atomic E-state index is 13.1. The van der Waals surface area contributed by atoms with Crippen molar-refractivity contribution in [1.82, 2.24) is 0 Å². The third kappa shape index (κ3) is 1.99. The van der Waals surface area contributed by atoms with Gasteiger partial charge in [0.1, 0.15) is 0 Å². The smallest absolute Gasteiger partial charge is 0.250 e. The van der Waals surface area contributed by atoms with E-state index in [-0.39, 0.29) is 19.3 Å². The van der Waals surface area contributed by atoms with Crippen LogP contribution in [-0.2, 0) is 5.54 Å². The monoisotopic (exact) mass is 231 g/mol. The van der Waals surface area contributed by atoms with Crippen molar-refractivity contribution in [3.63, 3.8) is 0 Å². The normalized spacial score (nSPS) is 29.3. The van der Waals surface area contributed by atoms with Crippen LogP contribution in [0.4, 0.5) is 8.78 Å². The molecule has 1 fully saturated rings. The van der Waals surface area contributed by atoms with E-state index >= 15 is 0 Å². The zero-order valence-corrected chi connectivity index (χ0v) is 8.90. The average molecular weight is 232 g/mol. The summed E-state index contributed by atoms with van der Waals surface area (Å²) in [6.07, 6.45) is -0.192. The van der Waals surface area contributed by atoms with Crippen LogP contribution in [0.5, 0.6) is 0 Å². The summed E-state index contributed by atoms with van der Waals surface area (Å²) in [5.41, 5.74) is 5.65. The first-order valence-corrected chi connectivity index (χ1v) is 5.23. The molecule has 1 aromatic carbocycles. The first kappa shape index (κ1) is 10.8. The minimum atomic E-state index is -2.66. The lowest BCUT2D eigenvalue weighted by Crippen LogP contribution is -2.35. The number of rotatable bonds is 1. The Morgan fingerprint density at radius 2 is 1.87 bits per heavy atom. The Hall–Kier alpha value is -0.670. The SMILES string of the molecule is NC1(c2ccccc2Cl)CCC(F)(F)C1. The molecule has 1 aliphatic rings. The average Bonchev–Trinajstić information content (AvgIpc) is 2.42. The highest BCUT2D eigenvalue weighted by molar-refractivity contribution is 6.31. The van der Waals surface area contributed by atoms with Crippen molar-refractivity contribution in [3.8, 4) is 0 Å². The quantitative estimate of drug-likeness (QED) is 0.789. The van der Waals surface area contributed by atoms with Crippen molar-refractivity contribution in [2.45, 2.75) is 30.7 Å². The Labute approximate surface area is 92.2 Å². The van der Waals surface area contributed by atoms with Crippen LogP contribution in [-0.4, -0.2) is 5.92 Å². The first-order valence-electron chi connectivity index (χ1n) is 4.85. The molecular formula is C11H12ClF2N. The van der Waals surface area contributed by atoms with Crippen LogP contribution in [0.2, 0.25) is 5.02 Å². The van der Waals surface area contributed by atoms with E-state index in [0.717, 1.165) is 0 Å². The summed E-state index contributed by atoms with van der Waals surface area (Å²) in [5.74, 6) is -2.66. The molecule has 0 aliphatic heterocycles. The van der Waals surface area contributed by atoms with Gasteiger partial charge in [-0.25, -0.2) is 8.78 Å². The molecule has 1 atom stereocenters. The van der Waals surface area contributed by atoms with E-state index < -0.39 is 11.5 Å². The molecule has 1 unspecified atom stereocenters. The van der Waals surface area contributed by atoms with Gasteiger partial charge in [0.2, 0.25) is 5.92 Å². The summed E-state index contributed by atoms with van der Waals surface area (Å²) in [5, 5.41) is 0.470. The second-order valence-corrected chi connectivity index (χ2v) is 4.58. The molecule has 1 aliphatic carbocycles. The minimum absolute atomic E-state index is 0.158. The topological polar surface area (TPSA) is 26.0 Å². The second-order valence-electron chi connectivity index (χ2n) is 4.17. The number of hydrogen-bond acceptors (Lipinski definition) is 1. The highest BCUT2D eigenvalue weighted by atomic mass is 35.5. The summed E-state index contributed by atoms with van der Waals surface area (Å²) in [7, 11) is 0. The number of hydrogen-bond donors (Lipinski definition) is 1. The van der Waals surface area contributed by atoms with E-state index in [1.54, 1.807) is 24.3 Å². The van der Waals surface area contributed by atoms with Gasteiger partial charge in [0, 0.05) is 23.4 Å². The molecule has 1 saturated carbocycles. The zero-order chi connectivity index (χ0) is 11.1. The summed E-state index contributed by atoms with van der Waals surface area (Å²) >= 11 is 5.96. The second kappa shape index (κ2) is 3.42. The Kier molecular flexibility index (Phi) is 2.47. The molecule has 1 aromatic rings. The lowest BCUT2D eigenvalue weighted by Gasteiger charge is -2.25. The summed E-state index contributed by atoms with van der Waals surface area (Å²) in [6, 6.07) is 6.94.